The Morgan fingerprint density at radius 1 is 0.913 bits per heavy atom. The highest BCUT2D eigenvalue weighted by atomic mass is 32.2. The van der Waals surface area contributed by atoms with E-state index in [0.717, 1.165) is 17.2 Å². The van der Waals surface area contributed by atoms with E-state index in [0.29, 0.717) is 5.39 Å². The molecule has 0 aliphatic rings. The molecule has 0 atom stereocenters. The molecule has 0 saturated carbocycles. The molecule has 0 aliphatic heterocycles. The molecule has 2 aromatic rings. The van der Waals surface area contributed by atoms with Gasteiger partial charge in [-0.3, -0.25) is 0 Å². The van der Waals surface area contributed by atoms with Crippen LogP contribution in [0.5, 0.6) is 0 Å². The Bertz CT molecular complexity index is 696. The van der Waals surface area contributed by atoms with Gasteiger partial charge in [0, 0.05) is 11.8 Å². The quantitative estimate of drug-likeness (QED) is 0.852. The standard InChI is InChI=1S/C10H8O3S.C8H19N/c11-14(12,13)10-7-3-5-8-4-1-2-6-9(8)10;1-7(2)5-9-6-8(3)4/h1-7H,(H,11,12,13);7-9H,5-6H2,1-4H3. The lowest BCUT2D eigenvalue weighted by molar-refractivity contribution is -0.664. The van der Waals surface area contributed by atoms with E-state index in [1.54, 1.807) is 36.4 Å². The van der Waals surface area contributed by atoms with Gasteiger partial charge in [0.2, 0.25) is 0 Å². The average molecular weight is 337 g/mol. The van der Waals surface area contributed by atoms with Crippen molar-refractivity contribution in [3.63, 3.8) is 0 Å². The van der Waals surface area contributed by atoms with Gasteiger partial charge >= 0.3 is 0 Å². The van der Waals surface area contributed by atoms with E-state index in [9.17, 15) is 13.0 Å². The Kier molecular flexibility index (Phi) is 7.68. The zero-order valence-electron chi connectivity index (χ0n) is 14.3. The van der Waals surface area contributed by atoms with Crippen molar-refractivity contribution in [2.24, 2.45) is 11.8 Å². The number of hydrogen-bond acceptors (Lipinski definition) is 3. The Balaban J connectivity index is 0.000000257. The molecule has 2 N–H and O–H groups in total. The summed E-state index contributed by atoms with van der Waals surface area (Å²) in [5.41, 5.74) is 0. The van der Waals surface area contributed by atoms with Crippen LogP contribution in [0.1, 0.15) is 27.7 Å². The fraction of sp³-hybridized carbons (Fsp3) is 0.444. The molecule has 128 valence electrons. The van der Waals surface area contributed by atoms with Crippen LogP contribution in [0.4, 0.5) is 0 Å². The van der Waals surface area contributed by atoms with Crippen LogP contribution in [0.3, 0.4) is 0 Å². The molecule has 2 aromatic carbocycles. The summed E-state index contributed by atoms with van der Waals surface area (Å²) in [7, 11) is -4.38. The van der Waals surface area contributed by atoms with Crippen molar-refractivity contribution in [3.05, 3.63) is 42.5 Å². The summed E-state index contributed by atoms with van der Waals surface area (Å²) >= 11 is 0. The van der Waals surface area contributed by atoms with E-state index in [1.165, 1.54) is 19.2 Å². The minimum absolute atomic E-state index is 0.157. The van der Waals surface area contributed by atoms with Crippen LogP contribution < -0.4 is 5.32 Å². The molecule has 0 spiro atoms. The van der Waals surface area contributed by atoms with Gasteiger partial charge in [-0.25, -0.2) is 8.42 Å². The topological polar surface area (TPSA) is 73.8 Å². The number of hydrogen-bond donors (Lipinski definition) is 1. The first-order valence-corrected chi connectivity index (χ1v) is 9.38. The molecule has 2 rings (SSSR count). The Morgan fingerprint density at radius 3 is 1.96 bits per heavy atom. The van der Waals surface area contributed by atoms with Crippen molar-refractivity contribution in [3.8, 4) is 0 Å². The molecular formula is C18H27NO3S. The van der Waals surface area contributed by atoms with Gasteiger partial charge in [0.1, 0.15) is 10.1 Å². The van der Waals surface area contributed by atoms with Gasteiger partial charge in [-0.1, -0.05) is 64.1 Å². The predicted octanol–water partition coefficient (Wildman–Crippen LogP) is 2.61. The zero-order valence-corrected chi connectivity index (χ0v) is 15.1. The third kappa shape index (κ3) is 7.12. The third-order valence-corrected chi connectivity index (χ3v) is 4.19. The first-order valence-electron chi connectivity index (χ1n) is 7.97. The molecule has 4 nitrogen and oxygen atoms in total. The van der Waals surface area contributed by atoms with Crippen molar-refractivity contribution in [1.29, 1.82) is 0 Å². The van der Waals surface area contributed by atoms with Crippen LogP contribution in [-0.4, -0.2) is 26.1 Å². The van der Waals surface area contributed by atoms with Gasteiger partial charge in [-0.05, 0) is 16.8 Å². The van der Waals surface area contributed by atoms with Crippen molar-refractivity contribution in [1.82, 2.24) is 0 Å². The predicted molar refractivity (Wildman–Crippen MR) is 93.2 cm³/mol. The maximum atomic E-state index is 10.9. The SMILES string of the molecule is CC(C)C[NH2+]CC(C)C.O=S(=O)([O-])c1cccc2ccccc12. The molecule has 0 bridgehead atoms. The number of benzene rings is 2. The number of quaternary nitrogens is 1. The maximum absolute atomic E-state index is 10.9. The molecule has 0 saturated heterocycles. The molecule has 0 fully saturated rings. The van der Waals surface area contributed by atoms with Crippen molar-refractivity contribution in [2.45, 2.75) is 32.6 Å². The summed E-state index contributed by atoms with van der Waals surface area (Å²) in [6, 6.07) is 11.5. The highest BCUT2D eigenvalue weighted by Crippen LogP contribution is 2.21. The Morgan fingerprint density at radius 2 is 1.43 bits per heavy atom. The van der Waals surface area contributed by atoms with Gasteiger partial charge in [0.15, 0.2) is 0 Å². The first kappa shape index (κ1) is 19.6. The van der Waals surface area contributed by atoms with Gasteiger partial charge < -0.3 is 9.87 Å². The lowest BCUT2D eigenvalue weighted by atomic mass is 10.1. The molecule has 0 aliphatic carbocycles. The smallest absolute Gasteiger partial charge is 0.125 e. The van der Waals surface area contributed by atoms with Gasteiger partial charge in [-0.2, -0.15) is 0 Å². The van der Waals surface area contributed by atoms with Crippen LogP contribution in [-0.2, 0) is 10.1 Å². The van der Waals surface area contributed by atoms with E-state index >= 15 is 0 Å². The molecule has 5 heteroatoms. The second-order valence-electron chi connectivity index (χ2n) is 6.48. The summed E-state index contributed by atoms with van der Waals surface area (Å²) in [6.45, 7) is 11.6. The lowest BCUT2D eigenvalue weighted by Crippen LogP contribution is -2.86. The molecular weight excluding hydrogens is 310 g/mol. The number of fused-ring (bicyclic) bond motifs is 1. The molecule has 0 radical (unpaired) electrons. The maximum Gasteiger partial charge on any atom is 0.125 e. The van der Waals surface area contributed by atoms with Crippen LogP contribution in [0.25, 0.3) is 10.8 Å². The van der Waals surface area contributed by atoms with E-state index in [1.807, 2.05) is 0 Å². The van der Waals surface area contributed by atoms with Crippen molar-refractivity contribution < 1.29 is 18.3 Å². The number of rotatable bonds is 5. The average Bonchev–Trinajstić information content (AvgIpc) is 2.45. The fourth-order valence-corrected chi connectivity index (χ4v) is 2.88. The van der Waals surface area contributed by atoms with E-state index in [-0.39, 0.29) is 4.90 Å². The second-order valence-corrected chi connectivity index (χ2v) is 7.83. The zero-order chi connectivity index (χ0) is 17.5. The largest absolute Gasteiger partial charge is 0.744 e. The normalized spacial score (nSPS) is 11.6. The number of nitrogens with two attached hydrogens (primary N) is 1. The summed E-state index contributed by atoms with van der Waals surface area (Å²) in [6.07, 6.45) is 0. The van der Waals surface area contributed by atoms with E-state index in [4.69, 9.17) is 0 Å². The minimum atomic E-state index is -4.38. The Labute approximate surface area is 139 Å². The van der Waals surface area contributed by atoms with Crippen LogP contribution in [0.15, 0.2) is 47.4 Å². The minimum Gasteiger partial charge on any atom is -0.744 e. The molecule has 0 amide bonds. The first-order chi connectivity index (χ1) is 10.7. The third-order valence-electron chi connectivity index (χ3n) is 3.30. The van der Waals surface area contributed by atoms with Crippen molar-refractivity contribution in [2.75, 3.05) is 13.1 Å². The molecule has 0 aromatic heterocycles. The highest BCUT2D eigenvalue weighted by Gasteiger charge is 2.05. The van der Waals surface area contributed by atoms with Crippen LogP contribution >= 0.6 is 0 Å². The summed E-state index contributed by atoms with van der Waals surface area (Å²) < 4.78 is 32.7. The lowest BCUT2D eigenvalue weighted by Gasteiger charge is -2.09. The van der Waals surface area contributed by atoms with Gasteiger partial charge in [0.25, 0.3) is 0 Å². The molecule has 0 unspecified atom stereocenters. The monoisotopic (exact) mass is 337 g/mol. The van der Waals surface area contributed by atoms with Gasteiger partial charge in [0.05, 0.1) is 18.0 Å². The summed E-state index contributed by atoms with van der Waals surface area (Å²) in [4.78, 5) is -0.157. The molecule has 0 heterocycles. The molecule has 23 heavy (non-hydrogen) atoms. The Hall–Kier alpha value is -1.43. The van der Waals surface area contributed by atoms with Gasteiger partial charge in [-0.15, -0.1) is 0 Å². The van der Waals surface area contributed by atoms with E-state index in [2.05, 4.69) is 33.0 Å². The second kappa shape index (κ2) is 9.01. The fourth-order valence-electron chi connectivity index (χ4n) is 2.18. The van der Waals surface area contributed by atoms with Crippen LogP contribution in [0.2, 0.25) is 0 Å². The van der Waals surface area contributed by atoms with Crippen molar-refractivity contribution >= 4 is 20.9 Å². The summed E-state index contributed by atoms with van der Waals surface area (Å²) in [5, 5.41) is 3.63. The summed E-state index contributed by atoms with van der Waals surface area (Å²) in [5.74, 6) is 1.67. The van der Waals surface area contributed by atoms with E-state index < -0.39 is 10.1 Å². The highest BCUT2D eigenvalue weighted by molar-refractivity contribution is 7.86. The van der Waals surface area contributed by atoms with Crippen LogP contribution in [0, 0.1) is 11.8 Å².